The smallest absolute Gasteiger partial charge is 0.185 e. The van der Waals surface area contributed by atoms with Crippen molar-refractivity contribution in [2.45, 2.75) is 64.3 Å². The van der Waals surface area contributed by atoms with Crippen molar-refractivity contribution in [1.82, 2.24) is 0 Å². The predicted octanol–water partition coefficient (Wildman–Crippen LogP) is 6.22. The first kappa shape index (κ1) is 20.9. The molecule has 0 aliphatic carbocycles. The molecule has 1 heterocycles. The second-order valence-electron chi connectivity index (χ2n) is 7.75. The molecule has 0 saturated heterocycles. The number of aliphatic imine (C=N–C) groups is 1. The van der Waals surface area contributed by atoms with E-state index in [1.807, 2.05) is 0 Å². The highest BCUT2D eigenvalue weighted by Crippen LogP contribution is 2.44. The first-order chi connectivity index (χ1) is 13.6. The van der Waals surface area contributed by atoms with Crippen LogP contribution in [0.2, 0.25) is 0 Å². The number of nitrogens with zero attached hydrogens (tertiary/aromatic N) is 1. The number of aryl methyl sites for hydroxylation is 1. The van der Waals surface area contributed by atoms with Crippen LogP contribution in [-0.2, 0) is 16.6 Å². The average Bonchev–Trinajstić information content (AvgIpc) is 3.06. The molecular formula is C25H31NOS. The lowest BCUT2D eigenvalue weighted by Crippen LogP contribution is -2.34. The van der Waals surface area contributed by atoms with Crippen molar-refractivity contribution < 1.29 is 4.79 Å². The molecule has 0 bridgehead atoms. The molecule has 2 nitrogen and oxygen atoms in total. The van der Waals surface area contributed by atoms with Gasteiger partial charge < -0.3 is 0 Å². The number of benzene rings is 2. The molecule has 3 rings (SSSR count). The van der Waals surface area contributed by atoms with Gasteiger partial charge in [0, 0.05) is 24.4 Å². The fraction of sp³-hybridized carbons (Fsp3) is 0.440. The number of hydrogen-bond acceptors (Lipinski definition) is 3. The Balaban J connectivity index is 1.79. The van der Waals surface area contributed by atoms with Crippen LogP contribution in [0.1, 0.15) is 63.1 Å². The van der Waals surface area contributed by atoms with Crippen molar-refractivity contribution in [2.75, 3.05) is 5.75 Å². The van der Waals surface area contributed by atoms with Gasteiger partial charge >= 0.3 is 0 Å². The van der Waals surface area contributed by atoms with Gasteiger partial charge in [0.05, 0.1) is 5.41 Å². The summed E-state index contributed by atoms with van der Waals surface area (Å²) in [6.07, 6.45) is 5.31. The lowest BCUT2D eigenvalue weighted by atomic mass is 9.68. The highest BCUT2D eigenvalue weighted by Gasteiger charge is 2.43. The molecule has 0 spiro atoms. The molecule has 28 heavy (non-hydrogen) atoms. The Hall–Kier alpha value is -1.87. The minimum absolute atomic E-state index is 0.0912. The van der Waals surface area contributed by atoms with Crippen LogP contribution in [0, 0.1) is 0 Å². The Labute approximate surface area is 173 Å². The molecule has 0 amide bonds. The number of rotatable bonds is 8. The van der Waals surface area contributed by atoms with Crippen LogP contribution >= 0.6 is 11.8 Å². The Morgan fingerprint density at radius 2 is 1.75 bits per heavy atom. The van der Waals surface area contributed by atoms with Gasteiger partial charge in [0.25, 0.3) is 0 Å². The van der Waals surface area contributed by atoms with E-state index in [0.29, 0.717) is 6.04 Å². The van der Waals surface area contributed by atoms with Crippen molar-refractivity contribution in [3.63, 3.8) is 0 Å². The van der Waals surface area contributed by atoms with Crippen molar-refractivity contribution in [1.29, 1.82) is 0 Å². The molecule has 1 aliphatic heterocycles. The van der Waals surface area contributed by atoms with E-state index in [1.54, 1.807) is 6.92 Å². The van der Waals surface area contributed by atoms with Gasteiger partial charge in [-0.2, -0.15) is 0 Å². The van der Waals surface area contributed by atoms with Gasteiger partial charge in [-0.3, -0.25) is 9.79 Å². The van der Waals surface area contributed by atoms with Gasteiger partial charge in [-0.25, -0.2) is 0 Å². The summed E-state index contributed by atoms with van der Waals surface area (Å²) in [4.78, 5) is 16.0. The van der Waals surface area contributed by atoms with Crippen LogP contribution in [0.25, 0.3) is 0 Å². The molecule has 3 heteroatoms. The largest absolute Gasteiger partial charge is 0.290 e. The first-order valence-corrected chi connectivity index (χ1v) is 11.4. The third kappa shape index (κ3) is 4.57. The fourth-order valence-corrected chi connectivity index (χ4v) is 5.07. The third-order valence-electron chi connectivity index (χ3n) is 5.68. The molecule has 0 fully saturated rings. The molecule has 2 aromatic carbocycles. The first-order valence-electron chi connectivity index (χ1n) is 10.4. The van der Waals surface area contributed by atoms with Gasteiger partial charge in [-0.1, -0.05) is 73.3 Å². The summed E-state index contributed by atoms with van der Waals surface area (Å²) in [5, 5.41) is 0.217. The molecular weight excluding hydrogens is 362 g/mol. The maximum absolute atomic E-state index is 11.0. The fourth-order valence-electron chi connectivity index (χ4n) is 4.44. The Morgan fingerprint density at radius 1 is 1.07 bits per heavy atom. The Morgan fingerprint density at radius 3 is 2.39 bits per heavy atom. The monoisotopic (exact) mass is 393 g/mol. The summed E-state index contributed by atoms with van der Waals surface area (Å²) in [6.45, 7) is 6.10. The number of carbonyl (C=O) groups excluding carboxylic acids is 1. The number of hydrogen-bond donors (Lipinski definition) is 0. The van der Waals surface area contributed by atoms with Gasteiger partial charge in [0.15, 0.2) is 5.12 Å². The normalized spacial score (nSPS) is 21.5. The van der Waals surface area contributed by atoms with E-state index in [9.17, 15) is 4.79 Å². The summed E-state index contributed by atoms with van der Waals surface area (Å²) < 4.78 is 0. The minimum Gasteiger partial charge on any atom is -0.290 e. The minimum atomic E-state index is -0.0912. The SMILES string of the molecule is CCC1=NC(C)CC1(c1ccccc1)c1ccc(CCCCSC(C)=O)cc1. The quantitative estimate of drug-likeness (QED) is 0.498. The van der Waals surface area contributed by atoms with E-state index < -0.39 is 0 Å². The van der Waals surface area contributed by atoms with Crippen LogP contribution in [-0.4, -0.2) is 22.6 Å². The van der Waals surface area contributed by atoms with Crippen LogP contribution in [0.5, 0.6) is 0 Å². The van der Waals surface area contributed by atoms with Crippen molar-refractivity contribution >= 4 is 22.6 Å². The topological polar surface area (TPSA) is 29.4 Å². The lowest BCUT2D eigenvalue weighted by molar-refractivity contribution is -0.109. The highest BCUT2D eigenvalue weighted by atomic mass is 32.2. The zero-order valence-corrected chi connectivity index (χ0v) is 18.1. The van der Waals surface area contributed by atoms with Crippen LogP contribution < -0.4 is 0 Å². The maximum atomic E-state index is 11.0. The van der Waals surface area contributed by atoms with E-state index in [-0.39, 0.29) is 10.5 Å². The van der Waals surface area contributed by atoms with Crippen molar-refractivity contribution in [3.05, 3.63) is 71.3 Å². The summed E-state index contributed by atoms with van der Waals surface area (Å²) in [5.74, 6) is 0.929. The molecule has 1 aliphatic rings. The number of thioether (sulfide) groups is 1. The molecule has 148 valence electrons. The highest BCUT2D eigenvalue weighted by molar-refractivity contribution is 8.13. The summed E-state index contributed by atoms with van der Waals surface area (Å²) >= 11 is 1.43. The lowest BCUT2D eigenvalue weighted by Gasteiger charge is -2.33. The summed E-state index contributed by atoms with van der Waals surface area (Å²) in [7, 11) is 0. The van der Waals surface area contributed by atoms with Gasteiger partial charge in [0.2, 0.25) is 0 Å². The predicted molar refractivity (Wildman–Crippen MR) is 122 cm³/mol. The molecule has 2 atom stereocenters. The Kier molecular flexibility index (Phi) is 7.12. The average molecular weight is 394 g/mol. The van der Waals surface area contributed by atoms with Gasteiger partial charge in [-0.15, -0.1) is 0 Å². The molecule has 2 aromatic rings. The number of carbonyl (C=O) groups is 1. The van der Waals surface area contributed by atoms with Gasteiger partial charge in [0.1, 0.15) is 0 Å². The molecule has 0 aromatic heterocycles. The van der Waals surface area contributed by atoms with E-state index in [1.165, 1.54) is 34.2 Å². The van der Waals surface area contributed by atoms with Crippen LogP contribution in [0.15, 0.2) is 59.6 Å². The van der Waals surface area contributed by atoms with Crippen molar-refractivity contribution in [2.24, 2.45) is 4.99 Å². The molecule has 2 unspecified atom stereocenters. The standard InChI is InChI=1S/C25H31NOS/c1-4-24-25(18-19(2)26-24,22-11-6-5-7-12-22)23-15-13-21(14-16-23)10-8-9-17-28-20(3)27/h5-7,11-16,19H,4,8-10,17-18H2,1-3H3. The van der Waals surface area contributed by atoms with E-state index in [4.69, 9.17) is 4.99 Å². The zero-order valence-electron chi connectivity index (χ0n) is 17.3. The van der Waals surface area contributed by atoms with E-state index in [0.717, 1.165) is 37.9 Å². The molecule has 0 saturated carbocycles. The van der Waals surface area contributed by atoms with E-state index >= 15 is 0 Å². The van der Waals surface area contributed by atoms with Crippen molar-refractivity contribution in [3.8, 4) is 0 Å². The second kappa shape index (κ2) is 9.56. The molecule has 0 N–H and O–H groups in total. The maximum Gasteiger partial charge on any atom is 0.185 e. The number of unbranched alkanes of at least 4 members (excludes halogenated alkanes) is 1. The van der Waals surface area contributed by atoms with Crippen LogP contribution in [0.4, 0.5) is 0 Å². The Bertz CT molecular complexity index is 812. The summed E-state index contributed by atoms with van der Waals surface area (Å²) in [5.41, 5.74) is 5.31. The summed E-state index contributed by atoms with van der Waals surface area (Å²) in [6, 6.07) is 20.4. The molecule has 0 radical (unpaired) electrons. The third-order valence-corrected chi connectivity index (χ3v) is 6.58. The van der Waals surface area contributed by atoms with Crippen LogP contribution in [0.3, 0.4) is 0 Å². The van der Waals surface area contributed by atoms with E-state index in [2.05, 4.69) is 68.4 Å². The zero-order chi connectivity index (χ0) is 20.0. The van der Waals surface area contributed by atoms with Gasteiger partial charge in [-0.05, 0) is 55.7 Å². The second-order valence-corrected chi connectivity index (χ2v) is 9.02.